The Kier molecular flexibility index (Phi) is 4.72. The molecule has 9 heteroatoms. The maximum absolute atomic E-state index is 11.7. The van der Waals surface area contributed by atoms with E-state index in [4.69, 9.17) is 4.98 Å². The highest BCUT2D eigenvalue weighted by Gasteiger charge is 2.29. The van der Waals surface area contributed by atoms with Crippen LogP contribution in [-0.4, -0.2) is 40.7 Å². The van der Waals surface area contributed by atoms with Gasteiger partial charge in [-0.3, -0.25) is 10.1 Å². The molecule has 1 aliphatic carbocycles. The lowest BCUT2D eigenvalue weighted by atomic mass is 9.85. The zero-order valence-electron chi connectivity index (χ0n) is 13.7. The number of fused-ring (bicyclic) bond motifs is 1. The van der Waals surface area contributed by atoms with Gasteiger partial charge in [0.15, 0.2) is 5.52 Å². The molecule has 0 bridgehead atoms. The van der Waals surface area contributed by atoms with Crippen LogP contribution in [-0.2, 0) is 6.54 Å². The van der Waals surface area contributed by atoms with Gasteiger partial charge in [-0.2, -0.15) is 0 Å². The van der Waals surface area contributed by atoms with Crippen molar-refractivity contribution in [3.63, 3.8) is 0 Å². The summed E-state index contributed by atoms with van der Waals surface area (Å²) in [4.78, 5) is 18.3. The van der Waals surface area contributed by atoms with Crippen LogP contribution in [0.4, 0.5) is 11.6 Å². The van der Waals surface area contributed by atoms with E-state index in [0.717, 1.165) is 44.2 Å². The third-order valence-electron chi connectivity index (χ3n) is 5.14. The minimum Gasteiger partial charge on any atom is -0.340 e. The summed E-state index contributed by atoms with van der Waals surface area (Å²) in [6, 6.07) is 1.95. The van der Waals surface area contributed by atoms with Crippen LogP contribution in [0.5, 0.6) is 0 Å². The second-order valence-corrected chi connectivity index (χ2v) is 8.35. The molecule has 25 heavy (non-hydrogen) atoms. The maximum Gasteiger partial charge on any atom is 0.312 e. The first kappa shape index (κ1) is 17.2. The lowest BCUT2D eigenvalue weighted by molar-refractivity contribution is -0.384. The summed E-state index contributed by atoms with van der Waals surface area (Å²) in [5.74, 6) is 1.50. The lowest BCUT2D eigenvalue weighted by Gasteiger charge is -2.31. The number of nitrogens with one attached hydrogen (secondary N) is 1. The molecular weight excluding hydrogens is 454 g/mol. The number of hydrogen-bond donors (Lipinski definition) is 1. The van der Waals surface area contributed by atoms with E-state index in [0.29, 0.717) is 20.4 Å². The van der Waals surface area contributed by atoms with E-state index >= 15 is 0 Å². The molecule has 1 aromatic carbocycles. The molecule has 0 amide bonds. The molecular formula is C16H19Br2N5O2. The van der Waals surface area contributed by atoms with Crippen molar-refractivity contribution in [2.45, 2.75) is 25.8 Å². The van der Waals surface area contributed by atoms with E-state index in [-0.39, 0.29) is 10.6 Å². The number of imidazole rings is 1. The molecule has 7 nitrogen and oxygen atoms in total. The normalized spacial score (nSPS) is 18.6. The minimum absolute atomic E-state index is 0.0353. The van der Waals surface area contributed by atoms with E-state index < -0.39 is 0 Å². The quantitative estimate of drug-likeness (QED) is 0.542. The molecule has 2 aliphatic rings. The Hall–Kier alpha value is -1.19. The number of anilines is 1. The van der Waals surface area contributed by atoms with Gasteiger partial charge >= 0.3 is 5.69 Å². The van der Waals surface area contributed by atoms with Crippen LogP contribution >= 0.6 is 31.9 Å². The van der Waals surface area contributed by atoms with E-state index in [9.17, 15) is 10.1 Å². The van der Waals surface area contributed by atoms with Crippen LogP contribution in [0.1, 0.15) is 19.3 Å². The number of rotatable bonds is 4. The zero-order chi connectivity index (χ0) is 17.6. The van der Waals surface area contributed by atoms with Crippen molar-refractivity contribution in [1.82, 2.24) is 14.9 Å². The van der Waals surface area contributed by atoms with Gasteiger partial charge in [-0.25, -0.2) is 4.98 Å². The van der Waals surface area contributed by atoms with Crippen molar-refractivity contribution in [3.8, 4) is 0 Å². The Morgan fingerprint density at radius 3 is 2.64 bits per heavy atom. The van der Waals surface area contributed by atoms with Gasteiger partial charge in [-0.15, -0.1) is 0 Å². The molecule has 1 aliphatic heterocycles. The van der Waals surface area contributed by atoms with Crippen LogP contribution in [0.3, 0.4) is 0 Å². The van der Waals surface area contributed by atoms with Gasteiger partial charge in [0.25, 0.3) is 0 Å². The van der Waals surface area contributed by atoms with Gasteiger partial charge in [0.1, 0.15) is 4.47 Å². The number of halogens is 2. The topological polar surface area (TPSA) is 76.2 Å². The van der Waals surface area contributed by atoms with Crippen molar-refractivity contribution >= 4 is 54.5 Å². The monoisotopic (exact) mass is 471 g/mol. The average Bonchev–Trinajstić information content (AvgIpc) is 2.90. The van der Waals surface area contributed by atoms with Gasteiger partial charge in [0, 0.05) is 37.2 Å². The van der Waals surface area contributed by atoms with Crippen LogP contribution < -0.4 is 10.2 Å². The lowest BCUT2D eigenvalue weighted by Crippen LogP contribution is -2.44. The number of nitro benzene ring substituents is 1. The molecule has 0 spiro atoms. The van der Waals surface area contributed by atoms with Crippen molar-refractivity contribution in [2.75, 3.05) is 31.1 Å². The van der Waals surface area contributed by atoms with Crippen LogP contribution in [0.25, 0.3) is 11.0 Å². The van der Waals surface area contributed by atoms with E-state index in [1.807, 2.05) is 6.07 Å². The molecule has 2 fully saturated rings. The highest BCUT2D eigenvalue weighted by Crippen LogP contribution is 2.41. The fourth-order valence-corrected chi connectivity index (χ4v) is 4.41. The summed E-state index contributed by atoms with van der Waals surface area (Å²) in [5, 5.41) is 15.0. The van der Waals surface area contributed by atoms with Gasteiger partial charge in [-0.1, -0.05) is 6.42 Å². The number of piperazine rings is 1. The predicted molar refractivity (Wildman–Crippen MR) is 104 cm³/mol. The number of benzene rings is 1. The second kappa shape index (κ2) is 6.85. The van der Waals surface area contributed by atoms with Crippen LogP contribution in [0.15, 0.2) is 15.0 Å². The number of nitro groups is 1. The molecule has 4 rings (SSSR count). The minimum atomic E-state index is -0.348. The number of nitrogens with zero attached hydrogens (tertiary/aromatic N) is 4. The number of hydrogen-bond acceptors (Lipinski definition) is 5. The van der Waals surface area contributed by atoms with Crippen LogP contribution in [0, 0.1) is 16.0 Å². The molecule has 1 N–H and O–H groups in total. The number of aromatic nitrogens is 2. The summed E-state index contributed by atoms with van der Waals surface area (Å²) in [6.07, 6.45) is 3.72. The summed E-state index contributed by atoms with van der Waals surface area (Å²) >= 11 is 6.80. The Labute approximate surface area is 162 Å². The third kappa shape index (κ3) is 3.06. The first-order valence-corrected chi connectivity index (χ1v) is 10.1. The Morgan fingerprint density at radius 2 is 2.04 bits per heavy atom. The Bertz CT molecular complexity index is 828. The molecule has 134 valence electrons. The summed E-state index contributed by atoms with van der Waals surface area (Å²) in [7, 11) is 0. The highest BCUT2D eigenvalue weighted by molar-refractivity contribution is 9.13. The molecule has 1 aromatic heterocycles. The first-order valence-electron chi connectivity index (χ1n) is 8.54. The van der Waals surface area contributed by atoms with Gasteiger partial charge in [-0.05, 0) is 56.7 Å². The molecule has 0 radical (unpaired) electrons. The average molecular weight is 473 g/mol. The summed E-state index contributed by atoms with van der Waals surface area (Å²) in [6.45, 7) is 4.42. The fourth-order valence-electron chi connectivity index (χ4n) is 3.56. The smallest absolute Gasteiger partial charge is 0.312 e. The SMILES string of the molecule is O=[N+]([O-])c1c(Br)c(Br)cc2c1nc(N1CCNCC1)n2CC1CCC1. The van der Waals surface area contributed by atoms with E-state index in [1.165, 1.54) is 19.3 Å². The van der Waals surface area contributed by atoms with Gasteiger partial charge in [0.2, 0.25) is 5.95 Å². The standard InChI is InChI=1S/C16H19Br2N5O2/c17-11-8-12-14(15(13(11)18)23(24)25)20-16(21-6-4-19-5-7-21)22(12)9-10-2-1-3-10/h8,10,19H,1-7,9H2. The summed E-state index contributed by atoms with van der Waals surface area (Å²) in [5.41, 5.74) is 1.34. The van der Waals surface area contributed by atoms with Crippen molar-refractivity contribution in [1.29, 1.82) is 0 Å². The van der Waals surface area contributed by atoms with E-state index in [2.05, 4.69) is 46.6 Å². The van der Waals surface area contributed by atoms with Crippen LogP contribution in [0.2, 0.25) is 0 Å². The molecule has 2 heterocycles. The first-order chi connectivity index (χ1) is 12.1. The van der Waals surface area contributed by atoms with Gasteiger partial charge < -0.3 is 14.8 Å². The van der Waals surface area contributed by atoms with Crippen molar-refractivity contribution in [3.05, 3.63) is 25.1 Å². The molecule has 0 atom stereocenters. The van der Waals surface area contributed by atoms with E-state index in [1.54, 1.807) is 0 Å². The highest BCUT2D eigenvalue weighted by atomic mass is 79.9. The molecule has 1 saturated carbocycles. The third-order valence-corrected chi connectivity index (χ3v) is 7.10. The molecule has 1 saturated heterocycles. The van der Waals surface area contributed by atoms with Crippen molar-refractivity contribution in [2.24, 2.45) is 5.92 Å². The summed E-state index contributed by atoms with van der Waals surface area (Å²) < 4.78 is 3.33. The van der Waals surface area contributed by atoms with Crippen molar-refractivity contribution < 1.29 is 4.92 Å². The Morgan fingerprint density at radius 1 is 1.32 bits per heavy atom. The fraction of sp³-hybridized carbons (Fsp3) is 0.562. The second-order valence-electron chi connectivity index (χ2n) is 6.70. The molecule has 0 unspecified atom stereocenters. The maximum atomic E-state index is 11.7. The Balaban J connectivity index is 1.90. The predicted octanol–water partition coefficient (Wildman–Crippen LogP) is 3.68. The van der Waals surface area contributed by atoms with Gasteiger partial charge in [0.05, 0.1) is 10.4 Å². The largest absolute Gasteiger partial charge is 0.340 e. The molecule has 2 aromatic rings. The zero-order valence-corrected chi connectivity index (χ0v) is 16.8.